The third kappa shape index (κ3) is 3.58. The third-order valence-electron chi connectivity index (χ3n) is 4.30. The van der Waals surface area contributed by atoms with Gasteiger partial charge in [0.15, 0.2) is 0 Å². The van der Waals surface area contributed by atoms with Crippen molar-refractivity contribution in [3.05, 3.63) is 82.3 Å². The summed E-state index contributed by atoms with van der Waals surface area (Å²) in [5, 5.41) is 16.3. The standard InChI is InChI=1S/C21H17N3O2S/c25-12-17-16(9-8-15-7-4-10-22-20(15)17)21(26)23-11-19-24-18(13-27-19)14-5-2-1-3-6-14/h1-10,13,25H,11-12H2,(H,23,26). The van der Waals surface area contributed by atoms with E-state index in [4.69, 9.17) is 0 Å². The molecule has 0 atom stereocenters. The van der Waals surface area contributed by atoms with E-state index in [9.17, 15) is 9.90 Å². The summed E-state index contributed by atoms with van der Waals surface area (Å²) in [4.78, 5) is 21.5. The number of amides is 1. The van der Waals surface area contributed by atoms with E-state index in [2.05, 4.69) is 15.3 Å². The number of carbonyl (C=O) groups is 1. The Bertz CT molecular complexity index is 1090. The van der Waals surface area contributed by atoms with Gasteiger partial charge in [-0.1, -0.05) is 42.5 Å². The van der Waals surface area contributed by atoms with Crippen molar-refractivity contribution in [2.45, 2.75) is 13.2 Å². The Morgan fingerprint density at radius 1 is 1.07 bits per heavy atom. The Hall–Kier alpha value is -3.09. The third-order valence-corrected chi connectivity index (χ3v) is 5.15. The number of thiazole rings is 1. The summed E-state index contributed by atoms with van der Waals surface area (Å²) >= 11 is 1.51. The number of carbonyl (C=O) groups excluding carboxylic acids is 1. The molecular formula is C21H17N3O2S. The van der Waals surface area contributed by atoms with Crippen LogP contribution in [-0.2, 0) is 13.2 Å². The first kappa shape index (κ1) is 17.3. The van der Waals surface area contributed by atoms with Gasteiger partial charge in [0.25, 0.3) is 5.91 Å². The lowest BCUT2D eigenvalue weighted by Crippen LogP contribution is -2.24. The van der Waals surface area contributed by atoms with Crippen molar-refractivity contribution in [3.63, 3.8) is 0 Å². The molecule has 0 unspecified atom stereocenters. The first-order valence-electron chi connectivity index (χ1n) is 8.52. The highest BCUT2D eigenvalue weighted by Crippen LogP contribution is 2.23. The molecule has 1 amide bonds. The van der Waals surface area contributed by atoms with Crippen LogP contribution < -0.4 is 5.32 Å². The molecule has 0 saturated carbocycles. The summed E-state index contributed by atoms with van der Waals surface area (Å²) in [7, 11) is 0. The molecule has 134 valence electrons. The maximum atomic E-state index is 12.6. The smallest absolute Gasteiger partial charge is 0.252 e. The molecule has 0 fully saturated rings. The van der Waals surface area contributed by atoms with E-state index in [0.717, 1.165) is 21.7 Å². The number of pyridine rings is 1. The molecular weight excluding hydrogens is 358 g/mol. The summed E-state index contributed by atoms with van der Waals surface area (Å²) in [6, 6.07) is 17.2. The molecule has 6 heteroatoms. The molecule has 0 aliphatic rings. The topological polar surface area (TPSA) is 75.1 Å². The predicted octanol–water partition coefficient (Wildman–Crippen LogP) is 3.78. The van der Waals surface area contributed by atoms with Gasteiger partial charge in [-0.15, -0.1) is 11.3 Å². The summed E-state index contributed by atoms with van der Waals surface area (Å²) in [6.45, 7) is 0.0912. The minimum atomic E-state index is -0.247. The number of hydrogen-bond acceptors (Lipinski definition) is 5. The fourth-order valence-corrected chi connectivity index (χ4v) is 3.71. The number of nitrogens with one attached hydrogen (secondary N) is 1. The molecule has 5 nitrogen and oxygen atoms in total. The van der Waals surface area contributed by atoms with Crippen LogP contribution in [-0.4, -0.2) is 21.0 Å². The normalized spacial score (nSPS) is 10.9. The number of benzene rings is 2. The number of aliphatic hydroxyl groups is 1. The molecule has 4 aromatic rings. The lowest BCUT2D eigenvalue weighted by Gasteiger charge is -2.10. The SMILES string of the molecule is O=C(NCc1nc(-c2ccccc2)cs1)c1ccc2cccnc2c1CO. The zero-order valence-electron chi connectivity index (χ0n) is 14.4. The number of aromatic nitrogens is 2. The number of fused-ring (bicyclic) bond motifs is 1. The molecule has 2 aromatic carbocycles. The molecule has 27 heavy (non-hydrogen) atoms. The van der Waals surface area contributed by atoms with E-state index in [1.807, 2.05) is 53.9 Å². The molecule has 0 radical (unpaired) electrons. The maximum absolute atomic E-state index is 12.6. The van der Waals surface area contributed by atoms with Gasteiger partial charge in [0, 0.05) is 33.7 Å². The maximum Gasteiger partial charge on any atom is 0.252 e. The molecule has 2 heterocycles. The number of nitrogens with zero attached hydrogens (tertiary/aromatic N) is 2. The Morgan fingerprint density at radius 3 is 2.74 bits per heavy atom. The highest BCUT2D eigenvalue weighted by Gasteiger charge is 2.15. The highest BCUT2D eigenvalue weighted by molar-refractivity contribution is 7.09. The zero-order chi connectivity index (χ0) is 18.6. The van der Waals surface area contributed by atoms with Crippen LogP contribution in [0.5, 0.6) is 0 Å². The zero-order valence-corrected chi connectivity index (χ0v) is 15.2. The van der Waals surface area contributed by atoms with Crippen molar-refractivity contribution >= 4 is 28.1 Å². The monoisotopic (exact) mass is 375 g/mol. The van der Waals surface area contributed by atoms with Gasteiger partial charge in [-0.05, 0) is 12.1 Å². The summed E-state index contributed by atoms with van der Waals surface area (Å²) in [5.41, 5.74) is 3.57. The Morgan fingerprint density at radius 2 is 1.93 bits per heavy atom. The van der Waals surface area contributed by atoms with Crippen LogP contribution >= 0.6 is 11.3 Å². The van der Waals surface area contributed by atoms with Gasteiger partial charge in [0.1, 0.15) is 5.01 Å². The van der Waals surface area contributed by atoms with E-state index < -0.39 is 0 Å². The lowest BCUT2D eigenvalue weighted by molar-refractivity contribution is 0.0948. The van der Waals surface area contributed by atoms with Crippen LogP contribution in [0.15, 0.2) is 66.2 Å². The average molecular weight is 375 g/mol. The predicted molar refractivity (Wildman–Crippen MR) is 106 cm³/mol. The van der Waals surface area contributed by atoms with E-state index in [-0.39, 0.29) is 12.5 Å². The fourth-order valence-electron chi connectivity index (χ4n) is 2.96. The van der Waals surface area contributed by atoms with Gasteiger partial charge in [-0.2, -0.15) is 0 Å². The van der Waals surface area contributed by atoms with E-state index in [1.165, 1.54) is 11.3 Å². The molecule has 0 aliphatic carbocycles. The second kappa shape index (κ2) is 7.65. The van der Waals surface area contributed by atoms with Crippen LogP contribution in [0.2, 0.25) is 0 Å². The van der Waals surface area contributed by atoms with Crippen molar-refractivity contribution in [1.29, 1.82) is 0 Å². The summed E-state index contributed by atoms with van der Waals surface area (Å²) in [5.74, 6) is -0.247. The van der Waals surface area contributed by atoms with E-state index in [0.29, 0.717) is 23.2 Å². The molecule has 0 spiro atoms. The van der Waals surface area contributed by atoms with Gasteiger partial charge in [-0.25, -0.2) is 4.98 Å². The fraction of sp³-hybridized carbons (Fsp3) is 0.0952. The molecule has 2 N–H and O–H groups in total. The average Bonchev–Trinajstić information content (AvgIpc) is 3.21. The Labute approximate surface area is 160 Å². The van der Waals surface area contributed by atoms with Crippen molar-refractivity contribution in [2.75, 3.05) is 0 Å². The van der Waals surface area contributed by atoms with Crippen LogP contribution in [0.1, 0.15) is 20.9 Å². The number of rotatable bonds is 5. The van der Waals surface area contributed by atoms with Gasteiger partial charge in [0.2, 0.25) is 0 Å². The van der Waals surface area contributed by atoms with Crippen LogP contribution in [0.3, 0.4) is 0 Å². The van der Waals surface area contributed by atoms with Crippen LogP contribution in [0.25, 0.3) is 22.2 Å². The molecule has 4 rings (SSSR count). The number of hydrogen-bond donors (Lipinski definition) is 2. The van der Waals surface area contributed by atoms with Crippen molar-refractivity contribution < 1.29 is 9.90 Å². The van der Waals surface area contributed by atoms with Gasteiger partial charge < -0.3 is 10.4 Å². The summed E-state index contributed by atoms with van der Waals surface area (Å²) in [6.07, 6.45) is 1.66. The van der Waals surface area contributed by atoms with Crippen molar-refractivity contribution in [2.24, 2.45) is 0 Å². The first-order valence-corrected chi connectivity index (χ1v) is 9.39. The van der Waals surface area contributed by atoms with Gasteiger partial charge in [0.05, 0.1) is 24.4 Å². The largest absolute Gasteiger partial charge is 0.392 e. The Balaban J connectivity index is 1.52. The highest BCUT2D eigenvalue weighted by atomic mass is 32.1. The second-order valence-electron chi connectivity index (χ2n) is 6.00. The van der Waals surface area contributed by atoms with Crippen molar-refractivity contribution in [3.8, 4) is 11.3 Å². The van der Waals surface area contributed by atoms with E-state index in [1.54, 1.807) is 12.3 Å². The van der Waals surface area contributed by atoms with Crippen molar-refractivity contribution in [1.82, 2.24) is 15.3 Å². The molecule has 0 aliphatic heterocycles. The van der Waals surface area contributed by atoms with Gasteiger partial charge in [-0.3, -0.25) is 9.78 Å². The van der Waals surface area contributed by atoms with Crippen LogP contribution in [0.4, 0.5) is 0 Å². The first-order chi connectivity index (χ1) is 13.3. The quantitative estimate of drug-likeness (QED) is 0.557. The molecule has 2 aromatic heterocycles. The summed E-state index contributed by atoms with van der Waals surface area (Å²) < 4.78 is 0. The van der Waals surface area contributed by atoms with E-state index >= 15 is 0 Å². The van der Waals surface area contributed by atoms with Crippen LogP contribution in [0, 0.1) is 0 Å². The Kier molecular flexibility index (Phi) is 4.91. The minimum Gasteiger partial charge on any atom is -0.392 e. The molecule has 0 bridgehead atoms. The molecule has 0 saturated heterocycles. The van der Waals surface area contributed by atoms with Gasteiger partial charge >= 0.3 is 0 Å². The minimum absolute atomic E-state index is 0.244. The lowest BCUT2D eigenvalue weighted by atomic mass is 10.0. The number of aliphatic hydroxyl groups excluding tert-OH is 1. The second-order valence-corrected chi connectivity index (χ2v) is 6.94.